The van der Waals surface area contributed by atoms with Crippen LogP contribution in [0.5, 0.6) is 0 Å². The second kappa shape index (κ2) is 6.75. The zero-order chi connectivity index (χ0) is 15.4. The van der Waals surface area contributed by atoms with Gasteiger partial charge in [-0.1, -0.05) is 25.6 Å². The first kappa shape index (κ1) is 15.6. The van der Waals surface area contributed by atoms with Gasteiger partial charge in [-0.25, -0.2) is 0 Å². The summed E-state index contributed by atoms with van der Waals surface area (Å²) in [5, 5.41) is 22.1. The Kier molecular flexibility index (Phi) is 5.00. The summed E-state index contributed by atoms with van der Waals surface area (Å²) in [5.41, 5.74) is 0. The first-order valence-corrected chi connectivity index (χ1v) is 7.74. The van der Waals surface area contributed by atoms with Crippen LogP contribution in [0.3, 0.4) is 0 Å². The van der Waals surface area contributed by atoms with Gasteiger partial charge in [0, 0.05) is 18.9 Å². The summed E-state index contributed by atoms with van der Waals surface area (Å²) >= 11 is 1.19. The maximum absolute atomic E-state index is 10.7. The normalized spacial score (nSPS) is 12.8. The highest BCUT2D eigenvalue weighted by atomic mass is 32.2. The van der Waals surface area contributed by atoms with Gasteiger partial charge in [-0.2, -0.15) is 5.10 Å². The predicted octanol–water partition coefficient (Wildman–Crippen LogP) is 1.92. The second-order valence-corrected chi connectivity index (χ2v) is 6.13. The van der Waals surface area contributed by atoms with Crippen LogP contribution in [0.15, 0.2) is 23.6 Å². The lowest BCUT2D eigenvalue weighted by molar-refractivity contribution is -0.133. The Morgan fingerprint density at radius 1 is 1.38 bits per heavy atom. The van der Waals surface area contributed by atoms with Crippen LogP contribution in [0, 0.1) is 5.92 Å². The van der Waals surface area contributed by atoms with E-state index in [2.05, 4.69) is 29.1 Å². The maximum Gasteiger partial charge on any atom is 0.313 e. The number of rotatable bonds is 7. The molecule has 0 fully saturated rings. The van der Waals surface area contributed by atoms with Gasteiger partial charge < -0.3 is 9.67 Å². The highest BCUT2D eigenvalue weighted by Gasteiger charge is 2.20. The van der Waals surface area contributed by atoms with E-state index in [1.807, 2.05) is 28.4 Å². The second-order valence-electron chi connectivity index (χ2n) is 5.19. The molecule has 1 unspecified atom stereocenters. The number of thioether (sulfide) groups is 1. The molecule has 0 spiro atoms. The van der Waals surface area contributed by atoms with E-state index < -0.39 is 5.97 Å². The molecule has 0 radical (unpaired) electrons. The molecular formula is C13H19N5O2S. The number of hydrogen-bond donors (Lipinski definition) is 1. The van der Waals surface area contributed by atoms with Gasteiger partial charge in [0.15, 0.2) is 11.0 Å². The van der Waals surface area contributed by atoms with E-state index in [0.29, 0.717) is 11.1 Å². The van der Waals surface area contributed by atoms with Crippen LogP contribution in [-0.4, -0.2) is 41.4 Å². The summed E-state index contributed by atoms with van der Waals surface area (Å²) in [7, 11) is 0. The van der Waals surface area contributed by atoms with Crippen LogP contribution in [0.4, 0.5) is 0 Å². The van der Waals surface area contributed by atoms with Crippen molar-refractivity contribution >= 4 is 17.7 Å². The van der Waals surface area contributed by atoms with E-state index >= 15 is 0 Å². The van der Waals surface area contributed by atoms with Crippen molar-refractivity contribution < 1.29 is 9.90 Å². The largest absolute Gasteiger partial charge is 0.481 e. The van der Waals surface area contributed by atoms with Crippen LogP contribution >= 0.6 is 11.8 Å². The van der Waals surface area contributed by atoms with Crippen molar-refractivity contribution in [2.45, 2.75) is 38.5 Å². The lowest BCUT2D eigenvalue weighted by Gasteiger charge is -2.16. The summed E-state index contributed by atoms with van der Waals surface area (Å²) in [4.78, 5) is 10.7. The van der Waals surface area contributed by atoms with Gasteiger partial charge in [-0.3, -0.25) is 9.48 Å². The van der Waals surface area contributed by atoms with Gasteiger partial charge in [0.05, 0.1) is 5.75 Å². The zero-order valence-electron chi connectivity index (χ0n) is 12.3. The first-order chi connectivity index (χ1) is 9.99. The molecule has 0 saturated carbocycles. The minimum atomic E-state index is -0.860. The lowest BCUT2D eigenvalue weighted by Crippen LogP contribution is -2.17. The number of nitrogens with zero attached hydrogens (tertiary/aromatic N) is 5. The molecule has 8 heteroatoms. The van der Waals surface area contributed by atoms with Crippen LogP contribution < -0.4 is 0 Å². The van der Waals surface area contributed by atoms with E-state index in [-0.39, 0.29) is 11.8 Å². The van der Waals surface area contributed by atoms with E-state index in [4.69, 9.17) is 5.11 Å². The molecule has 1 N–H and O–H groups in total. The van der Waals surface area contributed by atoms with Crippen molar-refractivity contribution in [2.24, 2.45) is 5.92 Å². The molecule has 0 aromatic carbocycles. The van der Waals surface area contributed by atoms with Gasteiger partial charge in [-0.15, -0.1) is 10.2 Å². The Bertz CT molecular complexity index is 594. The summed E-state index contributed by atoms with van der Waals surface area (Å²) in [6.45, 7) is 6.96. The predicted molar refractivity (Wildman–Crippen MR) is 79.3 cm³/mol. The average molecular weight is 309 g/mol. The van der Waals surface area contributed by atoms with Crippen molar-refractivity contribution in [1.82, 2.24) is 24.5 Å². The average Bonchev–Trinajstić information content (AvgIpc) is 3.04. The summed E-state index contributed by atoms with van der Waals surface area (Å²) in [6, 6.07) is 1.81. The number of carboxylic acids is 1. The Morgan fingerprint density at radius 2 is 2.14 bits per heavy atom. The number of carbonyl (C=O) groups is 1. The third-order valence-electron chi connectivity index (χ3n) is 2.91. The van der Waals surface area contributed by atoms with E-state index in [1.165, 1.54) is 11.8 Å². The van der Waals surface area contributed by atoms with Crippen LogP contribution in [0.2, 0.25) is 0 Å². The topological polar surface area (TPSA) is 85.8 Å². The summed E-state index contributed by atoms with van der Waals surface area (Å²) in [6.07, 6.45) is 3.60. The van der Waals surface area contributed by atoms with Gasteiger partial charge in [0.2, 0.25) is 0 Å². The maximum atomic E-state index is 10.7. The van der Waals surface area contributed by atoms with E-state index in [9.17, 15) is 4.79 Å². The SMILES string of the molecule is CC(C)Cn1c(SCC(=O)O)nnc1C(C)n1cccn1. The first-order valence-electron chi connectivity index (χ1n) is 6.75. The molecule has 2 aromatic rings. The molecule has 2 aromatic heterocycles. The Labute approximate surface area is 127 Å². The molecule has 21 heavy (non-hydrogen) atoms. The summed E-state index contributed by atoms with van der Waals surface area (Å²) < 4.78 is 3.80. The van der Waals surface area contributed by atoms with E-state index in [0.717, 1.165) is 12.4 Å². The molecule has 7 nitrogen and oxygen atoms in total. The smallest absolute Gasteiger partial charge is 0.313 e. The molecule has 0 aliphatic rings. The van der Waals surface area contributed by atoms with Crippen LogP contribution in [0.25, 0.3) is 0 Å². The number of hydrogen-bond acceptors (Lipinski definition) is 5. The third kappa shape index (κ3) is 3.84. The Balaban J connectivity index is 2.29. The van der Waals surface area contributed by atoms with Crippen molar-refractivity contribution in [1.29, 1.82) is 0 Å². The van der Waals surface area contributed by atoms with Crippen molar-refractivity contribution in [3.63, 3.8) is 0 Å². The number of aliphatic carboxylic acids is 1. The zero-order valence-corrected chi connectivity index (χ0v) is 13.1. The van der Waals surface area contributed by atoms with Crippen molar-refractivity contribution in [2.75, 3.05) is 5.75 Å². The quantitative estimate of drug-likeness (QED) is 0.786. The number of carboxylic acid groups (broad SMARTS) is 1. The van der Waals surface area contributed by atoms with Gasteiger partial charge in [0.1, 0.15) is 6.04 Å². The molecule has 2 heterocycles. The molecule has 0 aliphatic carbocycles. The molecule has 1 atom stereocenters. The molecule has 114 valence electrons. The Hall–Kier alpha value is -1.83. The Morgan fingerprint density at radius 3 is 2.71 bits per heavy atom. The molecule has 0 bridgehead atoms. The molecule has 0 amide bonds. The summed E-state index contributed by atoms with van der Waals surface area (Å²) in [5.74, 6) is 0.321. The fourth-order valence-electron chi connectivity index (χ4n) is 2.01. The molecule has 2 rings (SSSR count). The lowest BCUT2D eigenvalue weighted by atomic mass is 10.2. The fraction of sp³-hybridized carbons (Fsp3) is 0.538. The van der Waals surface area contributed by atoms with Gasteiger partial charge in [-0.05, 0) is 18.9 Å². The van der Waals surface area contributed by atoms with Crippen LogP contribution in [-0.2, 0) is 11.3 Å². The standard InChI is InChI=1S/C13H19N5O2S/c1-9(2)7-17-12(10(3)18-6-4-5-14-18)15-16-13(17)21-8-11(19)20/h4-6,9-10H,7-8H2,1-3H3,(H,19,20). The minimum absolute atomic E-state index is 0.0214. The van der Waals surface area contributed by atoms with Crippen LogP contribution in [0.1, 0.15) is 32.6 Å². The molecule has 0 aliphatic heterocycles. The van der Waals surface area contributed by atoms with Gasteiger partial charge >= 0.3 is 5.97 Å². The third-order valence-corrected chi connectivity index (χ3v) is 3.86. The van der Waals surface area contributed by atoms with Gasteiger partial charge in [0.25, 0.3) is 0 Å². The monoisotopic (exact) mass is 309 g/mol. The highest BCUT2D eigenvalue weighted by Crippen LogP contribution is 2.23. The fourth-order valence-corrected chi connectivity index (χ4v) is 2.68. The minimum Gasteiger partial charge on any atom is -0.481 e. The molecular weight excluding hydrogens is 290 g/mol. The highest BCUT2D eigenvalue weighted by molar-refractivity contribution is 7.99. The van der Waals surface area contributed by atoms with Crippen molar-refractivity contribution in [3.05, 3.63) is 24.3 Å². The number of aromatic nitrogens is 5. The molecule has 0 saturated heterocycles. The van der Waals surface area contributed by atoms with E-state index in [1.54, 1.807) is 6.20 Å². The van der Waals surface area contributed by atoms with Crippen molar-refractivity contribution in [3.8, 4) is 0 Å².